The van der Waals surface area contributed by atoms with Crippen LogP contribution >= 0.6 is 0 Å². The minimum Gasteiger partial charge on any atom is -0.381 e. The highest BCUT2D eigenvalue weighted by Gasteiger charge is 2.19. The van der Waals surface area contributed by atoms with Crippen molar-refractivity contribution in [2.45, 2.75) is 32.7 Å². The number of aromatic nitrogens is 3. The highest BCUT2D eigenvalue weighted by Crippen LogP contribution is 2.25. The van der Waals surface area contributed by atoms with Gasteiger partial charge in [0.2, 0.25) is 0 Å². The van der Waals surface area contributed by atoms with E-state index < -0.39 is 0 Å². The van der Waals surface area contributed by atoms with Gasteiger partial charge < -0.3 is 4.74 Å². The number of nitrogens with zero attached hydrogens (tertiary/aromatic N) is 3. The van der Waals surface area contributed by atoms with E-state index in [0.717, 1.165) is 37.1 Å². The molecule has 4 nitrogen and oxygen atoms in total. The Balaban J connectivity index is 2.07. The van der Waals surface area contributed by atoms with E-state index in [1.54, 1.807) is 0 Å². The molecule has 0 atom stereocenters. The van der Waals surface area contributed by atoms with Gasteiger partial charge in [-0.15, -0.1) is 5.10 Å². The van der Waals surface area contributed by atoms with E-state index in [4.69, 9.17) is 4.74 Å². The highest BCUT2D eigenvalue weighted by atomic mass is 16.5. The van der Waals surface area contributed by atoms with Crippen LogP contribution in [-0.2, 0) is 4.74 Å². The SMILES string of the molecule is Cc1cc2nnn(C3CCOCC3)c2cc1C. The van der Waals surface area contributed by atoms with Gasteiger partial charge in [0, 0.05) is 13.2 Å². The van der Waals surface area contributed by atoms with Crippen LogP contribution in [0.5, 0.6) is 0 Å². The van der Waals surface area contributed by atoms with Gasteiger partial charge in [0.25, 0.3) is 0 Å². The molecule has 0 N–H and O–H groups in total. The van der Waals surface area contributed by atoms with Crippen molar-refractivity contribution in [2.75, 3.05) is 13.2 Å². The van der Waals surface area contributed by atoms with E-state index in [-0.39, 0.29) is 0 Å². The maximum atomic E-state index is 5.39. The molecule has 17 heavy (non-hydrogen) atoms. The van der Waals surface area contributed by atoms with Crippen molar-refractivity contribution < 1.29 is 4.74 Å². The Morgan fingerprint density at radius 2 is 1.88 bits per heavy atom. The van der Waals surface area contributed by atoms with Gasteiger partial charge in [0.15, 0.2) is 0 Å². The molecule has 3 rings (SSSR count). The average Bonchev–Trinajstić information content (AvgIpc) is 2.74. The first kappa shape index (κ1) is 10.7. The highest BCUT2D eigenvalue weighted by molar-refractivity contribution is 5.76. The van der Waals surface area contributed by atoms with Crippen molar-refractivity contribution in [3.05, 3.63) is 23.3 Å². The Bertz CT molecular complexity index is 541. The Hall–Kier alpha value is -1.42. The van der Waals surface area contributed by atoms with Gasteiger partial charge in [-0.3, -0.25) is 0 Å². The van der Waals surface area contributed by atoms with Crippen molar-refractivity contribution in [1.29, 1.82) is 0 Å². The molecule has 0 aliphatic carbocycles. The first-order chi connectivity index (χ1) is 8.25. The minimum absolute atomic E-state index is 0.441. The number of rotatable bonds is 1. The predicted octanol–water partition coefficient (Wildman–Crippen LogP) is 2.40. The quantitative estimate of drug-likeness (QED) is 0.756. The Morgan fingerprint density at radius 1 is 1.18 bits per heavy atom. The van der Waals surface area contributed by atoms with Crippen LogP contribution in [-0.4, -0.2) is 28.2 Å². The maximum absolute atomic E-state index is 5.39. The van der Waals surface area contributed by atoms with E-state index in [1.165, 1.54) is 11.1 Å². The average molecular weight is 231 g/mol. The molecule has 0 saturated carbocycles. The Morgan fingerprint density at radius 3 is 2.65 bits per heavy atom. The lowest BCUT2D eigenvalue weighted by molar-refractivity contribution is 0.0669. The Labute approximate surface area is 101 Å². The number of fused-ring (bicyclic) bond motifs is 1. The van der Waals surface area contributed by atoms with Crippen LogP contribution < -0.4 is 0 Å². The predicted molar refractivity (Wildman–Crippen MR) is 66.1 cm³/mol. The van der Waals surface area contributed by atoms with Crippen LogP contribution in [0.15, 0.2) is 12.1 Å². The molecule has 0 amide bonds. The molecule has 0 radical (unpaired) electrons. The Kier molecular flexibility index (Phi) is 2.59. The zero-order valence-electron chi connectivity index (χ0n) is 10.3. The van der Waals surface area contributed by atoms with E-state index >= 15 is 0 Å². The van der Waals surface area contributed by atoms with Crippen LogP contribution in [0.25, 0.3) is 11.0 Å². The van der Waals surface area contributed by atoms with Gasteiger partial charge in [0.1, 0.15) is 5.52 Å². The third-order valence-corrected chi connectivity index (χ3v) is 3.62. The molecular weight excluding hydrogens is 214 g/mol. The van der Waals surface area contributed by atoms with E-state index in [0.29, 0.717) is 6.04 Å². The third kappa shape index (κ3) is 1.82. The van der Waals surface area contributed by atoms with Crippen LogP contribution in [0.4, 0.5) is 0 Å². The molecule has 0 spiro atoms. The normalized spacial score (nSPS) is 17.8. The lowest BCUT2D eigenvalue weighted by Crippen LogP contribution is -2.20. The van der Waals surface area contributed by atoms with Crippen molar-refractivity contribution in [3.63, 3.8) is 0 Å². The second-order valence-corrected chi connectivity index (χ2v) is 4.80. The minimum atomic E-state index is 0.441. The van der Waals surface area contributed by atoms with Gasteiger partial charge in [-0.1, -0.05) is 5.21 Å². The summed E-state index contributed by atoms with van der Waals surface area (Å²) >= 11 is 0. The lowest BCUT2D eigenvalue weighted by atomic mass is 10.1. The molecule has 4 heteroatoms. The van der Waals surface area contributed by atoms with Gasteiger partial charge in [-0.2, -0.15) is 0 Å². The van der Waals surface area contributed by atoms with Gasteiger partial charge >= 0.3 is 0 Å². The fourth-order valence-electron chi connectivity index (χ4n) is 2.39. The van der Waals surface area contributed by atoms with Gasteiger partial charge in [-0.25, -0.2) is 4.68 Å². The second-order valence-electron chi connectivity index (χ2n) is 4.80. The van der Waals surface area contributed by atoms with Crippen molar-refractivity contribution in [2.24, 2.45) is 0 Å². The molecule has 2 heterocycles. The molecular formula is C13H17N3O. The molecule has 90 valence electrons. The van der Waals surface area contributed by atoms with Crippen LogP contribution in [0.2, 0.25) is 0 Å². The first-order valence-electron chi connectivity index (χ1n) is 6.15. The maximum Gasteiger partial charge on any atom is 0.113 e. The van der Waals surface area contributed by atoms with Crippen molar-refractivity contribution in [1.82, 2.24) is 15.0 Å². The number of hydrogen-bond acceptors (Lipinski definition) is 3. The summed E-state index contributed by atoms with van der Waals surface area (Å²) in [7, 11) is 0. The number of aryl methyl sites for hydroxylation is 2. The molecule has 1 fully saturated rings. The fraction of sp³-hybridized carbons (Fsp3) is 0.538. The summed E-state index contributed by atoms with van der Waals surface area (Å²) in [5.41, 5.74) is 4.73. The van der Waals surface area contributed by atoms with Crippen LogP contribution in [0, 0.1) is 13.8 Å². The first-order valence-corrected chi connectivity index (χ1v) is 6.15. The standard InChI is InChI=1S/C13H17N3O/c1-9-7-12-13(8-10(9)2)16(15-14-12)11-3-5-17-6-4-11/h7-8,11H,3-6H2,1-2H3. The molecule has 0 bridgehead atoms. The largest absolute Gasteiger partial charge is 0.381 e. The van der Waals surface area contributed by atoms with Gasteiger partial charge in [-0.05, 0) is 49.9 Å². The van der Waals surface area contributed by atoms with Gasteiger partial charge in [0.05, 0.1) is 11.6 Å². The number of hydrogen-bond donors (Lipinski definition) is 0. The monoisotopic (exact) mass is 231 g/mol. The second kappa shape index (κ2) is 4.11. The van der Waals surface area contributed by atoms with E-state index in [1.807, 2.05) is 0 Å². The summed E-state index contributed by atoms with van der Waals surface area (Å²) in [5, 5.41) is 8.58. The molecule has 1 aromatic heterocycles. The molecule has 2 aromatic rings. The molecule has 0 unspecified atom stereocenters. The summed E-state index contributed by atoms with van der Waals surface area (Å²) in [4.78, 5) is 0. The molecule has 1 aromatic carbocycles. The van der Waals surface area contributed by atoms with Crippen molar-refractivity contribution >= 4 is 11.0 Å². The lowest BCUT2D eigenvalue weighted by Gasteiger charge is -2.22. The van der Waals surface area contributed by atoms with E-state index in [9.17, 15) is 0 Å². The summed E-state index contributed by atoms with van der Waals surface area (Å²) in [6, 6.07) is 4.75. The molecule has 1 aliphatic heterocycles. The number of ether oxygens (including phenoxy) is 1. The fourth-order valence-corrected chi connectivity index (χ4v) is 2.39. The smallest absolute Gasteiger partial charge is 0.113 e. The summed E-state index contributed by atoms with van der Waals surface area (Å²) < 4.78 is 7.46. The number of benzene rings is 1. The summed E-state index contributed by atoms with van der Waals surface area (Å²) in [6.07, 6.45) is 2.07. The summed E-state index contributed by atoms with van der Waals surface area (Å²) in [6.45, 7) is 5.91. The van der Waals surface area contributed by atoms with E-state index in [2.05, 4.69) is 41.0 Å². The third-order valence-electron chi connectivity index (χ3n) is 3.62. The zero-order chi connectivity index (χ0) is 11.8. The topological polar surface area (TPSA) is 39.9 Å². The zero-order valence-corrected chi connectivity index (χ0v) is 10.3. The van der Waals surface area contributed by atoms with Crippen LogP contribution in [0.1, 0.15) is 30.0 Å². The molecule has 1 saturated heterocycles. The molecule has 1 aliphatic rings. The van der Waals surface area contributed by atoms with Crippen LogP contribution in [0.3, 0.4) is 0 Å². The summed E-state index contributed by atoms with van der Waals surface area (Å²) in [5.74, 6) is 0. The van der Waals surface area contributed by atoms with Crippen molar-refractivity contribution in [3.8, 4) is 0 Å².